The first-order valence-electron chi connectivity index (χ1n) is 3.93. The smallest absolute Gasteiger partial charge is 0.127 e. The van der Waals surface area contributed by atoms with E-state index in [1.807, 2.05) is 18.2 Å². The van der Waals surface area contributed by atoms with Crippen molar-refractivity contribution in [3.63, 3.8) is 0 Å². The van der Waals surface area contributed by atoms with Gasteiger partial charge in [-0.3, -0.25) is 0 Å². The minimum absolute atomic E-state index is 0.516. The van der Waals surface area contributed by atoms with Gasteiger partial charge in [-0.1, -0.05) is 41.2 Å². The summed E-state index contributed by atoms with van der Waals surface area (Å²) < 4.78 is 6.44. The average molecular weight is 239 g/mol. The summed E-state index contributed by atoms with van der Waals surface area (Å²) in [5.74, 6) is 0.832. The van der Waals surface area contributed by atoms with E-state index in [9.17, 15) is 0 Å². The zero-order valence-corrected chi connectivity index (χ0v) is 8.88. The predicted octanol–water partition coefficient (Wildman–Crippen LogP) is 3.66. The molecule has 1 aromatic carbocycles. The topological polar surface area (TPSA) is 9.23 Å². The summed E-state index contributed by atoms with van der Waals surface area (Å²) in [6.07, 6.45) is 3.48. The number of rotatable bonds is 4. The van der Waals surface area contributed by atoms with Crippen molar-refractivity contribution >= 4 is 22.0 Å². The van der Waals surface area contributed by atoms with Gasteiger partial charge in [-0.2, -0.15) is 0 Å². The second-order valence-corrected chi connectivity index (χ2v) is 3.40. The summed E-state index contributed by atoms with van der Waals surface area (Å²) in [6, 6.07) is 5.81. The molecule has 0 unspecified atom stereocenters. The fourth-order valence-electron chi connectivity index (χ4n) is 0.959. The molecule has 0 heterocycles. The molecular formula is C11H11BrO. The Bertz CT molecular complexity index is 318. The minimum atomic E-state index is 0.516. The molecule has 0 aliphatic rings. The van der Waals surface area contributed by atoms with Crippen LogP contribution in [0.15, 0.2) is 41.9 Å². The lowest BCUT2D eigenvalue weighted by Gasteiger charge is -2.06. The van der Waals surface area contributed by atoms with Gasteiger partial charge in [0.25, 0.3) is 0 Å². The van der Waals surface area contributed by atoms with Crippen LogP contribution in [0.3, 0.4) is 0 Å². The number of halogens is 1. The second kappa shape index (κ2) is 4.87. The Morgan fingerprint density at radius 3 is 2.77 bits per heavy atom. The van der Waals surface area contributed by atoms with Gasteiger partial charge in [-0.05, 0) is 18.2 Å². The Morgan fingerprint density at radius 2 is 2.15 bits per heavy atom. The molecule has 0 radical (unpaired) electrons. The number of benzene rings is 1. The molecule has 0 bridgehead atoms. The van der Waals surface area contributed by atoms with E-state index in [1.54, 1.807) is 12.2 Å². The van der Waals surface area contributed by atoms with Crippen molar-refractivity contribution in [1.82, 2.24) is 0 Å². The van der Waals surface area contributed by atoms with Gasteiger partial charge >= 0.3 is 0 Å². The van der Waals surface area contributed by atoms with Gasteiger partial charge in [-0.25, -0.2) is 0 Å². The van der Waals surface area contributed by atoms with Crippen LogP contribution < -0.4 is 4.74 Å². The summed E-state index contributed by atoms with van der Waals surface area (Å²) in [6.45, 7) is 7.82. The summed E-state index contributed by atoms with van der Waals surface area (Å²) >= 11 is 3.38. The molecule has 1 nitrogen and oxygen atoms in total. The Kier molecular flexibility index (Phi) is 3.77. The number of ether oxygens (including phenoxy) is 1. The van der Waals surface area contributed by atoms with Gasteiger partial charge in [0.05, 0.1) is 0 Å². The first-order valence-corrected chi connectivity index (χ1v) is 4.73. The molecule has 0 fully saturated rings. The number of hydrogen-bond donors (Lipinski definition) is 0. The van der Waals surface area contributed by atoms with Crippen LogP contribution >= 0.6 is 15.9 Å². The highest BCUT2D eigenvalue weighted by Crippen LogP contribution is 2.23. The third-order valence-corrected chi connectivity index (χ3v) is 2.04. The average Bonchev–Trinajstić information content (AvgIpc) is 2.16. The van der Waals surface area contributed by atoms with Gasteiger partial charge in [0.15, 0.2) is 0 Å². The van der Waals surface area contributed by atoms with Crippen LogP contribution in [0, 0.1) is 0 Å². The van der Waals surface area contributed by atoms with Crippen molar-refractivity contribution in [2.45, 2.75) is 0 Å². The SMILES string of the molecule is C=CCOc1ccc(Br)cc1C=C. The van der Waals surface area contributed by atoms with Crippen LogP contribution in [0.4, 0.5) is 0 Å². The molecule has 0 spiro atoms. The minimum Gasteiger partial charge on any atom is -0.489 e. The summed E-state index contributed by atoms with van der Waals surface area (Å²) in [7, 11) is 0. The molecule has 68 valence electrons. The Hall–Kier alpha value is -1.02. The van der Waals surface area contributed by atoms with Crippen LogP contribution in [0.2, 0.25) is 0 Å². The second-order valence-electron chi connectivity index (χ2n) is 2.49. The molecule has 0 saturated carbocycles. The summed E-state index contributed by atoms with van der Waals surface area (Å²) in [5, 5.41) is 0. The van der Waals surface area contributed by atoms with Crippen LogP contribution in [-0.2, 0) is 0 Å². The first kappa shape index (κ1) is 10.1. The van der Waals surface area contributed by atoms with Gasteiger partial charge < -0.3 is 4.74 Å². The zero-order valence-electron chi connectivity index (χ0n) is 7.29. The van der Waals surface area contributed by atoms with E-state index in [0.717, 1.165) is 15.8 Å². The van der Waals surface area contributed by atoms with Gasteiger partial charge in [0, 0.05) is 10.0 Å². The van der Waals surface area contributed by atoms with Crippen LogP contribution in [0.1, 0.15) is 5.56 Å². The molecule has 0 atom stereocenters. The van der Waals surface area contributed by atoms with E-state index in [-0.39, 0.29) is 0 Å². The Morgan fingerprint density at radius 1 is 1.38 bits per heavy atom. The van der Waals surface area contributed by atoms with Crippen molar-refractivity contribution in [2.24, 2.45) is 0 Å². The van der Waals surface area contributed by atoms with Crippen molar-refractivity contribution in [2.75, 3.05) is 6.61 Å². The standard InChI is InChI=1S/C11H11BrO/c1-3-7-13-11-6-5-10(12)8-9(11)4-2/h3-6,8H,1-2,7H2. The van der Waals surface area contributed by atoms with E-state index in [2.05, 4.69) is 29.1 Å². The fraction of sp³-hybridized carbons (Fsp3) is 0.0909. The predicted molar refractivity (Wildman–Crippen MR) is 59.9 cm³/mol. The third-order valence-electron chi connectivity index (χ3n) is 1.55. The highest BCUT2D eigenvalue weighted by Gasteiger charge is 1.99. The van der Waals surface area contributed by atoms with E-state index in [1.165, 1.54) is 0 Å². The fourth-order valence-corrected chi connectivity index (χ4v) is 1.34. The summed E-state index contributed by atoms with van der Waals surface area (Å²) in [4.78, 5) is 0. The highest BCUT2D eigenvalue weighted by molar-refractivity contribution is 9.10. The van der Waals surface area contributed by atoms with E-state index in [0.29, 0.717) is 6.61 Å². The molecule has 0 aliphatic heterocycles. The van der Waals surface area contributed by atoms with Crippen molar-refractivity contribution in [1.29, 1.82) is 0 Å². The van der Waals surface area contributed by atoms with Crippen molar-refractivity contribution in [3.05, 3.63) is 47.5 Å². The molecule has 2 heteroatoms. The lowest BCUT2D eigenvalue weighted by Crippen LogP contribution is -1.94. The first-order chi connectivity index (χ1) is 6.27. The molecule has 0 aromatic heterocycles. The molecule has 1 rings (SSSR count). The largest absolute Gasteiger partial charge is 0.489 e. The van der Waals surface area contributed by atoms with Gasteiger partial charge in [0.2, 0.25) is 0 Å². The van der Waals surface area contributed by atoms with Crippen LogP contribution in [-0.4, -0.2) is 6.61 Å². The van der Waals surface area contributed by atoms with E-state index < -0.39 is 0 Å². The van der Waals surface area contributed by atoms with E-state index in [4.69, 9.17) is 4.74 Å². The summed E-state index contributed by atoms with van der Waals surface area (Å²) in [5.41, 5.74) is 0.983. The monoisotopic (exact) mass is 238 g/mol. The van der Waals surface area contributed by atoms with Gasteiger partial charge in [-0.15, -0.1) is 0 Å². The maximum absolute atomic E-state index is 5.42. The van der Waals surface area contributed by atoms with Crippen molar-refractivity contribution in [3.8, 4) is 5.75 Å². The quantitative estimate of drug-likeness (QED) is 0.728. The number of hydrogen-bond acceptors (Lipinski definition) is 1. The molecule has 0 N–H and O–H groups in total. The van der Waals surface area contributed by atoms with Crippen molar-refractivity contribution < 1.29 is 4.74 Å². The molecule has 13 heavy (non-hydrogen) atoms. The molecule has 0 amide bonds. The molecule has 1 aromatic rings. The lowest BCUT2D eigenvalue weighted by atomic mass is 10.2. The Labute approximate surface area is 86.9 Å². The van der Waals surface area contributed by atoms with Crippen LogP contribution in [0.25, 0.3) is 6.08 Å². The highest BCUT2D eigenvalue weighted by atomic mass is 79.9. The zero-order chi connectivity index (χ0) is 9.68. The van der Waals surface area contributed by atoms with Crippen LogP contribution in [0.5, 0.6) is 5.75 Å². The Balaban J connectivity index is 2.91. The molecule has 0 saturated heterocycles. The maximum Gasteiger partial charge on any atom is 0.127 e. The lowest BCUT2D eigenvalue weighted by molar-refractivity contribution is 0.362. The third kappa shape index (κ3) is 2.74. The van der Waals surface area contributed by atoms with Gasteiger partial charge in [0.1, 0.15) is 12.4 Å². The molecule has 0 aliphatic carbocycles. The molecular weight excluding hydrogens is 228 g/mol. The maximum atomic E-state index is 5.42. The normalized spacial score (nSPS) is 9.31. The van der Waals surface area contributed by atoms with E-state index >= 15 is 0 Å².